The first-order valence-corrected chi connectivity index (χ1v) is 4.33. The van der Waals surface area contributed by atoms with E-state index in [-0.39, 0.29) is 11.3 Å². The van der Waals surface area contributed by atoms with Crippen LogP contribution in [-0.4, -0.2) is 12.2 Å². The summed E-state index contributed by atoms with van der Waals surface area (Å²) in [6.07, 6.45) is 0. The fourth-order valence-corrected chi connectivity index (χ4v) is 1.31. The van der Waals surface area contributed by atoms with Crippen molar-refractivity contribution in [3.05, 3.63) is 23.3 Å². The highest BCUT2D eigenvalue weighted by Crippen LogP contribution is 2.35. The van der Waals surface area contributed by atoms with E-state index in [2.05, 4.69) is 4.74 Å². The number of rotatable bonds is 2. The highest BCUT2D eigenvalue weighted by Gasteiger charge is 2.28. The molecule has 1 aromatic rings. The second-order valence-electron chi connectivity index (χ2n) is 3.82. The van der Waals surface area contributed by atoms with Crippen LogP contribution in [0.15, 0.2) is 6.07 Å². The number of aromatic hydroxyl groups is 1. The van der Waals surface area contributed by atoms with Crippen molar-refractivity contribution in [2.45, 2.75) is 19.4 Å². The molecule has 3 N–H and O–H groups in total. The number of phenols is 1. The van der Waals surface area contributed by atoms with Crippen LogP contribution in [0.4, 0.5) is 8.78 Å². The molecular formula is C10H13F2NO2. The third-order valence-electron chi connectivity index (χ3n) is 2.01. The minimum atomic E-state index is -1.24. The molecule has 1 rings (SSSR count). The van der Waals surface area contributed by atoms with E-state index in [1.807, 2.05) is 0 Å². The Balaban J connectivity index is 3.55. The molecule has 84 valence electrons. The van der Waals surface area contributed by atoms with Gasteiger partial charge in [0, 0.05) is 11.6 Å². The van der Waals surface area contributed by atoms with Crippen molar-refractivity contribution in [3.63, 3.8) is 0 Å². The van der Waals surface area contributed by atoms with E-state index in [9.17, 15) is 13.9 Å². The lowest BCUT2D eigenvalue weighted by atomic mass is 9.94. The molecule has 0 saturated heterocycles. The molecule has 3 nitrogen and oxygen atoms in total. The van der Waals surface area contributed by atoms with E-state index in [1.54, 1.807) is 0 Å². The predicted octanol–water partition coefficient (Wildman–Crippen LogP) is 1.87. The minimum Gasteiger partial charge on any atom is -0.505 e. The van der Waals surface area contributed by atoms with Gasteiger partial charge in [0.2, 0.25) is 0 Å². The summed E-state index contributed by atoms with van der Waals surface area (Å²) in [5.41, 5.74) is 3.98. The Kier molecular flexibility index (Phi) is 2.86. The minimum absolute atomic E-state index is 0.234. The van der Waals surface area contributed by atoms with Gasteiger partial charge >= 0.3 is 0 Å². The normalized spacial score (nSPS) is 11.6. The van der Waals surface area contributed by atoms with Crippen molar-refractivity contribution in [1.29, 1.82) is 0 Å². The van der Waals surface area contributed by atoms with Gasteiger partial charge in [-0.25, -0.2) is 8.78 Å². The van der Waals surface area contributed by atoms with Crippen LogP contribution in [0.5, 0.6) is 11.5 Å². The van der Waals surface area contributed by atoms with Crippen LogP contribution in [0.3, 0.4) is 0 Å². The molecule has 0 atom stereocenters. The summed E-state index contributed by atoms with van der Waals surface area (Å²) < 4.78 is 31.8. The van der Waals surface area contributed by atoms with Crippen molar-refractivity contribution >= 4 is 0 Å². The Bertz CT molecular complexity index is 386. The van der Waals surface area contributed by atoms with Crippen molar-refractivity contribution in [2.24, 2.45) is 5.73 Å². The summed E-state index contributed by atoms with van der Waals surface area (Å²) in [5.74, 6) is -2.86. The maximum absolute atomic E-state index is 13.7. The van der Waals surface area contributed by atoms with Gasteiger partial charge in [0.05, 0.1) is 12.7 Å². The largest absolute Gasteiger partial charge is 0.505 e. The Morgan fingerprint density at radius 3 is 2.27 bits per heavy atom. The number of hydrogen-bond acceptors (Lipinski definition) is 3. The summed E-state index contributed by atoms with van der Waals surface area (Å²) in [6.45, 7) is 2.88. The molecular weight excluding hydrogens is 204 g/mol. The summed E-state index contributed by atoms with van der Waals surface area (Å²) in [7, 11) is 1.23. The number of hydrogen-bond donors (Lipinski definition) is 2. The Morgan fingerprint density at radius 2 is 1.87 bits per heavy atom. The summed E-state index contributed by atoms with van der Waals surface area (Å²) in [6, 6.07) is 0.875. The molecule has 0 aliphatic heterocycles. The molecule has 15 heavy (non-hydrogen) atoms. The highest BCUT2D eigenvalue weighted by atomic mass is 19.1. The van der Waals surface area contributed by atoms with Crippen molar-refractivity contribution < 1.29 is 18.6 Å². The molecule has 0 fully saturated rings. The number of ether oxygens (including phenoxy) is 1. The summed E-state index contributed by atoms with van der Waals surface area (Å²) in [5, 5.41) is 9.22. The van der Waals surface area contributed by atoms with Gasteiger partial charge in [0.1, 0.15) is 0 Å². The van der Waals surface area contributed by atoms with Crippen LogP contribution in [0, 0.1) is 11.6 Å². The maximum Gasteiger partial charge on any atom is 0.173 e. The van der Waals surface area contributed by atoms with E-state index >= 15 is 0 Å². The molecule has 0 spiro atoms. The number of halogens is 2. The van der Waals surface area contributed by atoms with Gasteiger partial charge in [-0.05, 0) is 13.8 Å². The van der Waals surface area contributed by atoms with E-state index in [0.717, 1.165) is 6.07 Å². The zero-order valence-corrected chi connectivity index (χ0v) is 8.77. The number of nitrogens with two attached hydrogens (primary N) is 1. The van der Waals surface area contributed by atoms with Gasteiger partial charge in [-0.2, -0.15) is 0 Å². The lowest BCUT2D eigenvalue weighted by Crippen LogP contribution is -2.31. The first kappa shape index (κ1) is 11.7. The van der Waals surface area contributed by atoms with E-state index in [4.69, 9.17) is 5.73 Å². The second-order valence-corrected chi connectivity index (χ2v) is 3.82. The van der Waals surface area contributed by atoms with Crippen LogP contribution < -0.4 is 10.5 Å². The smallest absolute Gasteiger partial charge is 0.173 e. The third-order valence-corrected chi connectivity index (χ3v) is 2.01. The fraction of sp³-hybridized carbons (Fsp3) is 0.400. The van der Waals surface area contributed by atoms with E-state index < -0.39 is 22.9 Å². The zero-order valence-electron chi connectivity index (χ0n) is 8.77. The van der Waals surface area contributed by atoms with Crippen LogP contribution in [0.1, 0.15) is 19.4 Å². The molecule has 1 aromatic carbocycles. The first-order valence-electron chi connectivity index (χ1n) is 4.33. The zero-order chi connectivity index (χ0) is 11.8. The number of methoxy groups -OCH3 is 1. The topological polar surface area (TPSA) is 55.5 Å². The van der Waals surface area contributed by atoms with Crippen molar-refractivity contribution in [3.8, 4) is 11.5 Å². The quantitative estimate of drug-likeness (QED) is 0.795. The highest BCUT2D eigenvalue weighted by molar-refractivity contribution is 5.43. The third kappa shape index (κ3) is 2.02. The molecule has 0 heterocycles. The monoisotopic (exact) mass is 217 g/mol. The molecule has 5 heteroatoms. The van der Waals surface area contributed by atoms with Crippen molar-refractivity contribution in [1.82, 2.24) is 0 Å². The molecule has 0 saturated carbocycles. The molecule has 0 aliphatic rings. The Labute approximate surface area is 86.5 Å². The van der Waals surface area contributed by atoms with E-state index in [0.29, 0.717) is 0 Å². The van der Waals surface area contributed by atoms with Crippen LogP contribution >= 0.6 is 0 Å². The van der Waals surface area contributed by atoms with Gasteiger partial charge in [0.25, 0.3) is 0 Å². The van der Waals surface area contributed by atoms with Gasteiger partial charge in [-0.1, -0.05) is 0 Å². The van der Waals surface area contributed by atoms with E-state index in [1.165, 1.54) is 21.0 Å². The summed E-state index contributed by atoms with van der Waals surface area (Å²) >= 11 is 0. The molecule has 0 radical (unpaired) electrons. The van der Waals surface area contributed by atoms with Gasteiger partial charge in [-0.3, -0.25) is 0 Å². The van der Waals surface area contributed by atoms with Gasteiger partial charge in [0.15, 0.2) is 23.1 Å². The summed E-state index contributed by atoms with van der Waals surface area (Å²) in [4.78, 5) is 0. The first-order chi connectivity index (χ1) is 6.79. The van der Waals surface area contributed by atoms with Crippen LogP contribution in [0.25, 0.3) is 0 Å². The average Bonchev–Trinajstić information content (AvgIpc) is 2.09. The molecule has 0 unspecified atom stereocenters. The molecule has 0 aromatic heterocycles. The predicted molar refractivity (Wildman–Crippen MR) is 51.8 cm³/mol. The molecule has 0 aliphatic carbocycles. The SMILES string of the molecule is COc1cc(O)c(F)c(C(C)(C)N)c1F. The fourth-order valence-electron chi connectivity index (χ4n) is 1.31. The van der Waals surface area contributed by atoms with Gasteiger partial charge in [-0.15, -0.1) is 0 Å². The average molecular weight is 217 g/mol. The lowest BCUT2D eigenvalue weighted by Gasteiger charge is -2.22. The number of benzene rings is 1. The molecule has 0 amide bonds. The Morgan fingerprint density at radius 1 is 1.33 bits per heavy atom. The number of phenolic OH excluding ortho intramolecular Hbond substituents is 1. The van der Waals surface area contributed by atoms with Crippen molar-refractivity contribution in [2.75, 3.05) is 7.11 Å². The lowest BCUT2D eigenvalue weighted by molar-refractivity contribution is 0.352. The maximum atomic E-state index is 13.7. The van der Waals surface area contributed by atoms with Crippen LogP contribution in [0.2, 0.25) is 0 Å². The van der Waals surface area contributed by atoms with Crippen LogP contribution in [-0.2, 0) is 5.54 Å². The second kappa shape index (κ2) is 3.66. The molecule has 0 bridgehead atoms. The standard InChI is InChI=1S/C10H13F2NO2/c1-10(2,13)7-8(11)5(14)4-6(15-3)9(7)12/h4,14H,13H2,1-3H3. The van der Waals surface area contributed by atoms with Gasteiger partial charge < -0.3 is 15.6 Å². The Hall–Kier alpha value is -1.36.